The van der Waals surface area contributed by atoms with E-state index in [4.69, 9.17) is 14.9 Å². The van der Waals surface area contributed by atoms with Crippen LogP contribution in [0.15, 0.2) is 71.3 Å². The fraction of sp³-hybridized carbons (Fsp3) is 0.500. The largest absolute Gasteiger partial charge is 0.449 e. The molecule has 262 valence electrons. The van der Waals surface area contributed by atoms with Crippen molar-refractivity contribution in [2.75, 3.05) is 20.2 Å². The van der Waals surface area contributed by atoms with Crippen LogP contribution in [0, 0.1) is 5.92 Å². The maximum Gasteiger partial charge on any atom is 0.421 e. The highest BCUT2D eigenvalue weighted by Gasteiger charge is 2.40. The number of ether oxygens (including phenoxy) is 1. The number of aliphatic hydroxyl groups is 1. The maximum absolute atomic E-state index is 14.3. The Morgan fingerprint density at radius 2 is 1.60 bits per heavy atom. The van der Waals surface area contributed by atoms with Crippen LogP contribution in [-0.2, 0) is 29.0 Å². The molecule has 4 N–H and O–H groups in total. The molecule has 0 unspecified atom stereocenters. The Hall–Kier alpha value is -4.26. The number of rotatable bonds is 17. The second-order valence-corrected chi connectivity index (χ2v) is 12.7. The van der Waals surface area contributed by atoms with E-state index >= 15 is 0 Å². The van der Waals surface area contributed by atoms with Gasteiger partial charge in [0, 0.05) is 26.1 Å². The minimum Gasteiger partial charge on any atom is -0.449 e. The molecule has 12 nitrogen and oxygen atoms in total. The predicted octanol–water partition coefficient (Wildman–Crippen LogP) is 5.08. The van der Waals surface area contributed by atoms with Gasteiger partial charge in [0.2, 0.25) is 5.91 Å². The monoisotopic (exact) mass is 664 g/mol. The van der Waals surface area contributed by atoms with Gasteiger partial charge in [0.05, 0.1) is 37.0 Å². The van der Waals surface area contributed by atoms with Crippen LogP contribution in [0.2, 0.25) is 0 Å². The van der Waals surface area contributed by atoms with Crippen molar-refractivity contribution in [2.45, 2.75) is 91.1 Å². The molecule has 1 heterocycles. The van der Waals surface area contributed by atoms with Crippen molar-refractivity contribution < 1.29 is 28.6 Å². The summed E-state index contributed by atoms with van der Waals surface area (Å²) in [5, 5.41) is 13.5. The van der Waals surface area contributed by atoms with E-state index < -0.39 is 36.2 Å². The molecule has 0 spiro atoms. The number of aromatic nitrogens is 1. The zero-order chi connectivity index (χ0) is 35.2. The molecular formula is C36H52N6O6. The second kappa shape index (κ2) is 18.9. The molecule has 2 aromatic carbocycles. The summed E-state index contributed by atoms with van der Waals surface area (Å²) in [6.07, 6.45) is 1.23. The molecule has 0 fully saturated rings. The highest BCUT2D eigenvalue weighted by Crippen LogP contribution is 2.21. The number of hydrogen-bond donors (Lipinski definition) is 3. The number of nitrogens with one attached hydrogen (secondary N) is 1. The Kier molecular flexibility index (Phi) is 15.1. The minimum absolute atomic E-state index is 0.0589. The average Bonchev–Trinajstić information content (AvgIpc) is 3.53. The highest BCUT2D eigenvalue weighted by molar-refractivity contribution is 5.97. The summed E-state index contributed by atoms with van der Waals surface area (Å²) in [6, 6.07) is 16.0. The zero-order valence-electron chi connectivity index (χ0n) is 29.0. The van der Waals surface area contributed by atoms with E-state index in [1.165, 1.54) is 16.2 Å². The van der Waals surface area contributed by atoms with E-state index in [-0.39, 0.29) is 44.5 Å². The quantitative estimate of drug-likeness (QED) is 0.132. The number of carbonyl (C=O) groups excluding carboxylic acids is 3. The van der Waals surface area contributed by atoms with Crippen LogP contribution < -0.4 is 11.2 Å². The number of oxazole rings is 1. The van der Waals surface area contributed by atoms with Crippen molar-refractivity contribution in [1.82, 2.24) is 25.2 Å². The van der Waals surface area contributed by atoms with E-state index in [1.807, 2.05) is 81.4 Å². The van der Waals surface area contributed by atoms with E-state index in [0.29, 0.717) is 18.0 Å². The van der Waals surface area contributed by atoms with Crippen molar-refractivity contribution in [1.29, 1.82) is 0 Å². The molecule has 12 heteroatoms. The van der Waals surface area contributed by atoms with Crippen molar-refractivity contribution >= 4 is 18.0 Å². The van der Waals surface area contributed by atoms with Crippen molar-refractivity contribution in [3.8, 4) is 0 Å². The number of benzene rings is 2. The van der Waals surface area contributed by atoms with Gasteiger partial charge < -0.3 is 24.9 Å². The van der Waals surface area contributed by atoms with Gasteiger partial charge in [-0.1, -0.05) is 102 Å². The van der Waals surface area contributed by atoms with Crippen LogP contribution in [0.1, 0.15) is 76.1 Å². The first-order valence-corrected chi connectivity index (χ1v) is 16.6. The molecular weight excluding hydrogens is 612 g/mol. The predicted molar refractivity (Wildman–Crippen MR) is 183 cm³/mol. The Morgan fingerprint density at radius 3 is 2.17 bits per heavy atom. The van der Waals surface area contributed by atoms with Crippen LogP contribution in [-0.4, -0.2) is 81.3 Å². The summed E-state index contributed by atoms with van der Waals surface area (Å²) >= 11 is 0. The molecule has 0 aliphatic rings. The zero-order valence-corrected chi connectivity index (χ0v) is 29.0. The normalized spacial score (nSPS) is 13.3. The van der Waals surface area contributed by atoms with Crippen molar-refractivity contribution in [3.63, 3.8) is 0 Å². The SMILES string of the molecule is CCCCOC(=O)NN(Cc1ccccc1)C[C@H](O)[C@H](Cc1ccccc1)N(C(=O)[C@@H](N)C(C)C)C(=O)N(C)Cc1coc(C(C)C)n1. The molecule has 48 heavy (non-hydrogen) atoms. The lowest BCUT2D eigenvalue weighted by Gasteiger charge is -2.39. The summed E-state index contributed by atoms with van der Waals surface area (Å²) in [7, 11) is 1.56. The number of imide groups is 1. The van der Waals surface area contributed by atoms with Gasteiger partial charge in [0.15, 0.2) is 5.89 Å². The molecule has 0 bridgehead atoms. The van der Waals surface area contributed by atoms with Gasteiger partial charge >= 0.3 is 12.1 Å². The van der Waals surface area contributed by atoms with Gasteiger partial charge in [-0.05, 0) is 29.9 Å². The summed E-state index contributed by atoms with van der Waals surface area (Å²) in [5.41, 5.74) is 11.3. The van der Waals surface area contributed by atoms with E-state index in [2.05, 4.69) is 10.4 Å². The number of urea groups is 1. The molecule has 1 aromatic heterocycles. The molecule has 0 radical (unpaired) electrons. The Bertz CT molecular complexity index is 1420. The van der Waals surface area contributed by atoms with Crippen LogP contribution in [0.5, 0.6) is 0 Å². The van der Waals surface area contributed by atoms with Crippen LogP contribution in [0.25, 0.3) is 0 Å². The lowest BCUT2D eigenvalue weighted by molar-refractivity contribution is -0.135. The number of aliphatic hydroxyl groups excluding tert-OH is 1. The van der Waals surface area contributed by atoms with Gasteiger partial charge in [-0.15, -0.1) is 0 Å². The fourth-order valence-electron chi connectivity index (χ4n) is 5.03. The van der Waals surface area contributed by atoms with Crippen LogP contribution in [0.3, 0.4) is 0 Å². The lowest BCUT2D eigenvalue weighted by Crippen LogP contribution is -2.61. The molecule has 0 aliphatic heterocycles. The Balaban J connectivity index is 1.99. The third-order valence-electron chi connectivity index (χ3n) is 7.90. The number of unbranched alkanes of at least 4 members (excludes halogenated alkanes) is 1. The number of nitrogens with zero attached hydrogens (tertiary/aromatic N) is 4. The summed E-state index contributed by atoms with van der Waals surface area (Å²) in [5.74, 6) is -0.307. The van der Waals surface area contributed by atoms with Crippen LogP contribution >= 0.6 is 0 Å². The summed E-state index contributed by atoms with van der Waals surface area (Å²) in [6.45, 7) is 9.92. The van der Waals surface area contributed by atoms with Gasteiger partial charge in [-0.25, -0.2) is 19.6 Å². The molecule has 0 saturated heterocycles. The number of hydrogen-bond acceptors (Lipinski definition) is 9. The van der Waals surface area contributed by atoms with Crippen molar-refractivity contribution in [3.05, 3.63) is 89.6 Å². The molecule has 4 amide bonds. The minimum atomic E-state index is -1.31. The maximum atomic E-state index is 14.3. The van der Waals surface area contributed by atoms with Crippen molar-refractivity contribution in [2.24, 2.45) is 11.7 Å². The van der Waals surface area contributed by atoms with E-state index in [1.54, 1.807) is 20.9 Å². The van der Waals surface area contributed by atoms with E-state index in [0.717, 1.165) is 22.4 Å². The Labute approximate surface area is 284 Å². The highest BCUT2D eigenvalue weighted by atomic mass is 16.6. The number of amides is 4. The van der Waals surface area contributed by atoms with Gasteiger partial charge in [0.25, 0.3) is 0 Å². The first-order chi connectivity index (χ1) is 22.9. The molecule has 3 aromatic rings. The molecule has 3 atom stereocenters. The topological polar surface area (TPSA) is 154 Å². The van der Waals surface area contributed by atoms with Gasteiger partial charge in [-0.2, -0.15) is 0 Å². The standard InChI is InChI=1S/C36H52N6O6/c1-7-8-19-47-35(45)39-41(21-28-17-13-10-14-18-28)23-31(43)30(20-27-15-11-9-12-16-27)42(34(44)32(37)25(2)3)36(46)40(6)22-29-24-48-33(38-29)26(4)5/h9-18,24-26,30-32,43H,7-8,19-23,37H2,1-6H3,(H,39,45)/t30-,31-,32-/m0/s1. The first kappa shape index (κ1) is 38.2. The second-order valence-electron chi connectivity index (χ2n) is 12.7. The van der Waals surface area contributed by atoms with Crippen LogP contribution in [0.4, 0.5) is 9.59 Å². The first-order valence-electron chi connectivity index (χ1n) is 16.6. The summed E-state index contributed by atoms with van der Waals surface area (Å²) in [4.78, 5) is 48.1. The third kappa shape index (κ3) is 11.5. The molecule has 0 saturated carbocycles. The average molecular weight is 665 g/mol. The van der Waals surface area contributed by atoms with E-state index in [9.17, 15) is 19.5 Å². The summed E-state index contributed by atoms with van der Waals surface area (Å²) < 4.78 is 10.9. The number of nitrogens with two attached hydrogens (primary N) is 1. The Morgan fingerprint density at radius 1 is 0.979 bits per heavy atom. The fourth-order valence-corrected chi connectivity index (χ4v) is 5.03. The number of carbonyl (C=O) groups is 3. The van der Waals surface area contributed by atoms with Gasteiger partial charge in [0.1, 0.15) is 6.26 Å². The molecule has 0 aliphatic carbocycles. The third-order valence-corrected chi connectivity index (χ3v) is 7.90. The van der Waals surface area contributed by atoms with Gasteiger partial charge in [-0.3, -0.25) is 15.1 Å². The smallest absolute Gasteiger partial charge is 0.421 e. The molecule has 3 rings (SSSR count). The number of hydrazine groups is 1. The lowest BCUT2D eigenvalue weighted by atomic mass is 9.96.